The number of ether oxygens (including phenoxy) is 1. The first kappa shape index (κ1) is 10.8. The van der Waals surface area contributed by atoms with Crippen LogP contribution >= 0.6 is 23.2 Å². The van der Waals surface area contributed by atoms with E-state index in [-0.39, 0.29) is 16.4 Å². The topological polar surface area (TPSA) is 26.3 Å². The van der Waals surface area contributed by atoms with E-state index in [1.165, 1.54) is 6.08 Å². The molecule has 0 heterocycles. The van der Waals surface area contributed by atoms with Crippen molar-refractivity contribution in [2.75, 3.05) is 6.61 Å². The highest BCUT2D eigenvalue weighted by Gasteiger charge is 2.10. The highest BCUT2D eigenvalue weighted by molar-refractivity contribution is 6.55. The average molecular weight is 197 g/mol. The molecule has 0 aromatic rings. The Hall–Kier alpha value is -0.210. The second-order valence-corrected chi connectivity index (χ2v) is 3.00. The van der Waals surface area contributed by atoms with Gasteiger partial charge in [-0.1, -0.05) is 23.2 Å². The number of rotatable bonds is 3. The van der Waals surface area contributed by atoms with E-state index in [1.807, 2.05) is 0 Å². The molecule has 0 fully saturated rings. The molecular weight excluding hydrogens is 187 g/mol. The Bertz CT molecular complexity index is 162. The van der Waals surface area contributed by atoms with Crippen LogP contribution in [0.4, 0.5) is 0 Å². The molecule has 0 saturated heterocycles. The zero-order valence-corrected chi connectivity index (χ0v) is 7.95. The molecule has 0 spiro atoms. The fourth-order valence-electron chi connectivity index (χ4n) is 0.531. The van der Waals surface area contributed by atoms with Crippen LogP contribution in [0, 0.1) is 5.92 Å². The van der Waals surface area contributed by atoms with Gasteiger partial charge in [0.15, 0.2) is 0 Å². The molecule has 1 unspecified atom stereocenters. The molecule has 0 radical (unpaired) electrons. The number of carbonyl (C=O) groups excluding carboxylic acids is 1. The molecule has 0 aliphatic rings. The van der Waals surface area contributed by atoms with Gasteiger partial charge in [0.2, 0.25) is 0 Å². The summed E-state index contributed by atoms with van der Waals surface area (Å²) in [6, 6.07) is 0. The van der Waals surface area contributed by atoms with Crippen molar-refractivity contribution in [2.24, 2.45) is 5.92 Å². The zero-order valence-electron chi connectivity index (χ0n) is 6.43. The van der Waals surface area contributed by atoms with Gasteiger partial charge >= 0.3 is 5.97 Å². The summed E-state index contributed by atoms with van der Waals surface area (Å²) in [5.41, 5.74) is 0. The Kier molecular flexibility index (Phi) is 5.34. The summed E-state index contributed by atoms with van der Waals surface area (Å²) in [6.07, 6.45) is 1.43. The van der Waals surface area contributed by atoms with E-state index in [9.17, 15) is 4.79 Å². The fraction of sp³-hybridized carbons (Fsp3) is 0.571. The monoisotopic (exact) mass is 196 g/mol. The van der Waals surface area contributed by atoms with E-state index in [0.717, 1.165) is 0 Å². The lowest BCUT2D eigenvalue weighted by Crippen LogP contribution is -2.12. The first-order valence-corrected chi connectivity index (χ1v) is 4.03. The third-order valence-electron chi connectivity index (χ3n) is 1.03. The molecule has 0 aliphatic heterocycles. The first-order valence-electron chi connectivity index (χ1n) is 3.27. The lowest BCUT2D eigenvalue weighted by atomic mass is 10.2. The predicted molar refractivity (Wildman–Crippen MR) is 45.6 cm³/mol. The molecule has 0 bridgehead atoms. The number of halogens is 2. The predicted octanol–water partition coefficient (Wildman–Crippen LogP) is 2.50. The molecule has 11 heavy (non-hydrogen) atoms. The van der Waals surface area contributed by atoms with Gasteiger partial charge in [0.05, 0.1) is 12.5 Å². The first-order chi connectivity index (χ1) is 5.07. The molecule has 2 nitrogen and oxygen atoms in total. The van der Waals surface area contributed by atoms with E-state index in [4.69, 9.17) is 27.9 Å². The summed E-state index contributed by atoms with van der Waals surface area (Å²) in [4.78, 5) is 10.9. The number of carbonyl (C=O) groups is 1. The third kappa shape index (κ3) is 5.10. The minimum Gasteiger partial charge on any atom is -0.466 e. The fourth-order valence-corrected chi connectivity index (χ4v) is 0.909. The van der Waals surface area contributed by atoms with Crippen LogP contribution in [-0.4, -0.2) is 12.6 Å². The summed E-state index contributed by atoms with van der Waals surface area (Å²) in [6.45, 7) is 3.79. The van der Waals surface area contributed by atoms with Crippen molar-refractivity contribution in [3.63, 3.8) is 0 Å². The number of hydrogen-bond acceptors (Lipinski definition) is 2. The molecule has 0 amide bonds. The van der Waals surface area contributed by atoms with Crippen LogP contribution in [-0.2, 0) is 9.53 Å². The van der Waals surface area contributed by atoms with Gasteiger partial charge < -0.3 is 4.74 Å². The van der Waals surface area contributed by atoms with E-state index in [2.05, 4.69) is 0 Å². The lowest BCUT2D eigenvalue weighted by molar-refractivity contribution is -0.145. The van der Waals surface area contributed by atoms with Crippen molar-refractivity contribution < 1.29 is 9.53 Å². The Morgan fingerprint density at radius 3 is 2.55 bits per heavy atom. The zero-order chi connectivity index (χ0) is 8.85. The Labute approximate surface area is 76.1 Å². The minimum atomic E-state index is -0.375. The van der Waals surface area contributed by atoms with Crippen LogP contribution in [0.25, 0.3) is 0 Å². The largest absolute Gasteiger partial charge is 0.466 e. The van der Waals surface area contributed by atoms with Crippen molar-refractivity contribution in [2.45, 2.75) is 13.8 Å². The molecule has 0 aromatic heterocycles. The third-order valence-corrected chi connectivity index (χ3v) is 1.29. The second-order valence-electron chi connectivity index (χ2n) is 2.00. The lowest BCUT2D eigenvalue weighted by Gasteiger charge is -2.04. The van der Waals surface area contributed by atoms with Crippen molar-refractivity contribution in [1.29, 1.82) is 0 Å². The van der Waals surface area contributed by atoms with Crippen LogP contribution in [0.15, 0.2) is 10.6 Å². The maximum absolute atomic E-state index is 10.9. The van der Waals surface area contributed by atoms with Crippen molar-refractivity contribution in [3.8, 4) is 0 Å². The highest BCUT2D eigenvalue weighted by atomic mass is 35.5. The van der Waals surface area contributed by atoms with E-state index in [1.54, 1.807) is 13.8 Å². The van der Waals surface area contributed by atoms with Gasteiger partial charge in [0.1, 0.15) is 4.49 Å². The molecule has 4 heteroatoms. The molecule has 64 valence electrons. The van der Waals surface area contributed by atoms with Crippen LogP contribution in [0.3, 0.4) is 0 Å². The standard InChI is InChI=1S/C7H10Cl2O2/c1-3-11-7(10)5(2)4-6(8)9/h4-5H,3H2,1-2H3. The SMILES string of the molecule is CCOC(=O)C(C)C=C(Cl)Cl. The van der Waals surface area contributed by atoms with E-state index < -0.39 is 0 Å². The summed E-state index contributed by atoms with van der Waals surface area (Å²) >= 11 is 10.7. The average Bonchev–Trinajstić information content (AvgIpc) is 1.86. The van der Waals surface area contributed by atoms with Crippen LogP contribution in [0.5, 0.6) is 0 Å². The Morgan fingerprint density at radius 2 is 2.18 bits per heavy atom. The molecule has 0 N–H and O–H groups in total. The maximum atomic E-state index is 10.9. The summed E-state index contributed by atoms with van der Waals surface area (Å²) in [7, 11) is 0. The van der Waals surface area contributed by atoms with Gasteiger partial charge in [-0.3, -0.25) is 4.79 Å². The van der Waals surface area contributed by atoms with Gasteiger partial charge in [0, 0.05) is 0 Å². The molecule has 0 aliphatic carbocycles. The summed E-state index contributed by atoms with van der Waals surface area (Å²) in [5, 5.41) is 0. The number of esters is 1. The summed E-state index contributed by atoms with van der Waals surface area (Å²) < 4.78 is 4.79. The summed E-state index contributed by atoms with van der Waals surface area (Å²) in [5.74, 6) is -0.689. The van der Waals surface area contributed by atoms with Gasteiger partial charge in [-0.15, -0.1) is 0 Å². The molecule has 0 rings (SSSR count). The minimum absolute atomic E-state index is 0.0885. The smallest absolute Gasteiger partial charge is 0.312 e. The van der Waals surface area contributed by atoms with E-state index in [0.29, 0.717) is 6.61 Å². The van der Waals surface area contributed by atoms with Crippen LogP contribution in [0.2, 0.25) is 0 Å². The van der Waals surface area contributed by atoms with Crippen LogP contribution < -0.4 is 0 Å². The van der Waals surface area contributed by atoms with Gasteiger partial charge in [0.25, 0.3) is 0 Å². The van der Waals surface area contributed by atoms with Crippen molar-refractivity contribution >= 4 is 29.2 Å². The van der Waals surface area contributed by atoms with Gasteiger partial charge in [-0.25, -0.2) is 0 Å². The second kappa shape index (κ2) is 5.44. The van der Waals surface area contributed by atoms with Crippen LogP contribution in [0.1, 0.15) is 13.8 Å². The number of hydrogen-bond donors (Lipinski definition) is 0. The maximum Gasteiger partial charge on any atom is 0.312 e. The highest BCUT2D eigenvalue weighted by Crippen LogP contribution is 2.12. The van der Waals surface area contributed by atoms with E-state index >= 15 is 0 Å². The Morgan fingerprint density at radius 1 is 1.64 bits per heavy atom. The molecule has 1 atom stereocenters. The van der Waals surface area contributed by atoms with Crippen molar-refractivity contribution in [3.05, 3.63) is 10.6 Å². The normalized spacial score (nSPS) is 12.0. The van der Waals surface area contributed by atoms with Gasteiger partial charge in [-0.05, 0) is 19.9 Å². The Balaban J connectivity index is 3.93. The van der Waals surface area contributed by atoms with Gasteiger partial charge in [-0.2, -0.15) is 0 Å². The molecule has 0 saturated carbocycles. The quantitative estimate of drug-likeness (QED) is 0.649. The van der Waals surface area contributed by atoms with Crippen molar-refractivity contribution in [1.82, 2.24) is 0 Å². The molecular formula is C7H10Cl2O2. The molecule has 0 aromatic carbocycles.